The molecule has 0 aliphatic carbocycles. The number of carbonyl (C=O) groups excluding carboxylic acids is 1. The fraction of sp³-hybridized carbons (Fsp3) is 0.294. The van der Waals surface area contributed by atoms with Crippen molar-refractivity contribution in [2.45, 2.75) is 25.8 Å². The number of rotatable bonds is 6. The van der Waals surface area contributed by atoms with Gasteiger partial charge in [0.2, 0.25) is 5.91 Å². The van der Waals surface area contributed by atoms with Gasteiger partial charge in [0, 0.05) is 12.6 Å². The number of pyridine rings is 1. The summed E-state index contributed by atoms with van der Waals surface area (Å²) in [6.07, 6.45) is 2.91. The SMILES string of the molecule is COc1ccc(CCC(=O)N[C@@H](C)c2ccccn2)cc1. The van der Waals surface area contributed by atoms with Crippen LogP contribution in [-0.4, -0.2) is 18.0 Å². The monoisotopic (exact) mass is 284 g/mol. The first-order chi connectivity index (χ1) is 10.2. The molecule has 0 saturated carbocycles. The highest BCUT2D eigenvalue weighted by Crippen LogP contribution is 2.13. The predicted octanol–water partition coefficient (Wildman–Crippen LogP) is 2.90. The summed E-state index contributed by atoms with van der Waals surface area (Å²) in [6.45, 7) is 1.94. The van der Waals surface area contributed by atoms with Gasteiger partial charge in [-0.15, -0.1) is 0 Å². The van der Waals surface area contributed by atoms with Crippen LogP contribution in [0.15, 0.2) is 48.7 Å². The number of hydrogen-bond acceptors (Lipinski definition) is 3. The van der Waals surface area contributed by atoms with Gasteiger partial charge >= 0.3 is 0 Å². The van der Waals surface area contributed by atoms with Crippen LogP contribution in [0.25, 0.3) is 0 Å². The van der Waals surface area contributed by atoms with E-state index in [-0.39, 0.29) is 11.9 Å². The lowest BCUT2D eigenvalue weighted by molar-refractivity contribution is -0.121. The Hall–Kier alpha value is -2.36. The molecule has 0 spiro atoms. The lowest BCUT2D eigenvalue weighted by Crippen LogP contribution is -2.27. The van der Waals surface area contributed by atoms with Crippen molar-refractivity contribution in [2.24, 2.45) is 0 Å². The molecule has 2 aromatic rings. The summed E-state index contributed by atoms with van der Waals surface area (Å²) >= 11 is 0. The minimum absolute atomic E-state index is 0.0315. The summed E-state index contributed by atoms with van der Waals surface area (Å²) in [5.74, 6) is 0.857. The van der Waals surface area contributed by atoms with Gasteiger partial charge in [0.05, 0.1) is 18.8 Å². The topological polar surface area (TPSA) is 51.2 Å². The van der Waals surface area contributed by atoms with E-state index in [2.05, 4.69) is 10.3 Å². The number of aromatic nitrogens is 1. The molecule has 2 rings (SSSR count). The average Bonchev–Trinajstić information content (AvgIpc) is 2.54. The second-order valence-electron chi connectivity index (χ2n) is 4.89. The average molecular weight is 284 g/mol. The van der Waals surface area contributed by atoms with Gasteiger partial charge in [-0.3, -0.25) is 9.78 Å². The van der Waals surface area contributed by atoms with E-state index in [0.29, 0.717) is 12.8 Å². The zero-order chi connectivity index (χ0) is 15.1. The second kappa shape index (κ2) is 7.43. The Bertz CT molecular complexity index is 567. The molecular weight excluding hydrogens is 264 g/mol. The minimum Gasteiger partial charge on any atom is -0.497 e. The molecule has 110 valence electrons. The van der Waals surface area contributed by atoms with Crippen LogP contribution in [0.2, 0.25) is 0 Å². The van der Waals surface area contributed by atoms with E-state index in [1.807, 2.05) is 49.4 Å². The molecule has 0 aliphatic heterocycles. The van der Waals surface area contributed by atoms with Gasteiger partial charge in [0.15, 0.2) is 0 Å². The molecular formula is C17H20N2O2. The van der Waals surface area contributed by atoms with Crippen molar-refractivity contribution in [3.8, 4) is 5.75 Å². The molecule has 1 atom stereocenters. The molecule has 21 heavy (non-hydrogen) atoms. The Kier molecular flexibility index (Phi) is 5.32. The molecule has 0 unspecified atom stereocenters. The molecule has 1 aromatic carbocycles. The maximum absolute atomic E-state index is 12.0. The zero-order valence-electron chi connectivity index (χ0n) is 12.4. The molecule has 0 aliphatic rings. The van der Waals surface area contributed by atoms with Crippen molar-refractivity contribution < 1.29 is 9.53 Å². The number of carbonyl (C=O) groups is 1. The first kappa shape index (κ1) is 15.0. The lowest BCUT2D eigenvalue weighted by Gasteiger charge is -2.13. The van der Waals surface area contributed by atoms with Crippen LogP contribution in [0.1, 0.15) is 30.6 Å². The summed E-state index contributed by atoms with van der Waals surface area (Å²) < 4.78 is 5.11. The van der Waals surface area contributed by atoms with E-state index < -0.39 is 0 Å². The summed E-state index contributed by atoms with van der Waals surface area (Å²) in [5, 5.41) is 2.96. The standard InChI is InChI=1S/C17H20N2O2/c1-13(16-5-3-4-12-18-16)19-17(20)11-8-14-6-9-15(21-2)10-7-14/h3-7,9-10,12-13H,8,11H2,1-2H3,(H,19,20)/t13-/m0/s1. The molecule has 0 bridgehead atoms. The van der Waals surface area contributed by atoms with Gasteiger partial charge in [-0.25, -0.2) is 0 Å². The Morgan fingerprint density at radius 1 is 1.24 bits per heavy atom. The van der Waals surface area contributed by atoms with Crippen LogP contribution >= 0.6 is 0 Å². The fourth-order valence-electron chi connectivity index (χ4n) is 2.07. The first-order valence-corrected chi connectivity index (χ1v) is 7.02. The normalized spacial score (nSPS) is 11.7. The molecule has 0 radical (unpaired) electrons. The highest BCUT2D eigenvalue weighted by molar-refractivity contribution is 5.76. The van der Waals surface area contributed by atoms with Crippen molar-refractivity contribution in [2.75, 3.05) is 7.11 Å². The maximum Gasteiger partial charge on any atom is 0.220 e. The van der Waals surface area contributed by atoms with Gasteiger partial charge in [0.1, 0.15) is 5.75 Å². The molecule has 1 heterocycles. The third-order valence-corrected chi connectivity index (χ3v) is 3.31. The minimum atomic E-state index is -0.0745. The van der Waals surface area contributed by atoms with Crippen molar-refractivity contribution >= 4 is 5.91 Å². The van der Waals surface area contributed by atoms with Gasteiger partial charge in [-0.2, -0.15) is 0 Å². The quantitative estimate of drug-likeness (QED) is 0.887. The Morgan fingerprint density at radius 2 is 2.00 bits per heavy atom. The molecule has 4 nitrogen and oxygen atoms in total. The van der Waals surface area contributed by atoms with E-state index in [1.165, 1.54) is 0 Å². The number of nitrogens with zero attached hydrogens (tertiary/aromatic N) is 1. The summed E-state index contributed by atoms with van der Waals surface area (Å²) in [7, 11) is 1.64. The Balaban J connectivity index is 1.81. The largest absolute Gasteiger partial charge is 0.497 e. The van der Waals surface area contributed by atoms with Crippen LogP contribution in [0.3, 0.4) is 0 Å². The molecule has 0 saturated heterocycles. The van der Waals surface area contributed by atoms with Crippen LogP contribution in [0.4, 0.5) is 0 Å². The molecule has 1 aromatic heterocycles. The van der Waals surface area contributed by atoms with Crippen molar-refractivity contribution in [1.29, 1.82) is 0 Å². The van der Waals surface area contributed by atoms with Crippen molar-refractivity contribution in [3.05, 3.63) is 59.9 Å². The number of methoxy groups -OCH3 is 1. The van der Waals surface area contributed by atoms with Gasteiger partial charge in [-0.1, -0.05) is 18.2 Å². The number of ether oxygens (including phenoxy) is 1. The van der Waals surface area contributed by atoms with E-state index in [4.69, 9.17) is 4.74 Å². The van der Waals surface area contributed by atoms with Crippen LogP contribution < -0.4 is 10.1 Å². The van der Waals surface area contributed by atoms with E-state index in [1.54, 1.807) is 13.3 Å². The van der Waals surface area contributed by atoms with Gasteiger partial charge in [-0.05, 0) is 43.2 Å². The highest BCUT2D eigenvalue weighted by Gasteiger charge is 2.10. The Labute approximate surface area is 125 Å². The highest BCUT2D eigenvalue weighted by atomic mass is 16.5. The Morgan fingerprint density at radius 3 is 2.62 bits per heavy atom. The summed E-state index contributed by atoms with van der Waals surface area (Å²) in [6, 6.07) is 13.4. The zero-order valence-corrected chi connectivity index (χ0v) is 12.4. The maximum atomic E-state index is 12.0. The summed E-state index contributed by atoms with van der Waals surface area (Å²) in [5.41, 5.74) is 1.99. The van der Waals surface area contributed by atoms with E-state index in [9.17, 15) is 4.79 Å². The third kappa shape index (κ3) is 4.60. The van der Waals surface area contributed by atoms with Crippen LogP contribution in [-0.2, 0) is 11.2 Å². The smallest absolute Gasteiger partial charge is 0.220 e. The number of hydrogen-bond donors (Lipinski definition) is 1. The first-order valence-electron chi connectivity index (χ1n) is 7.02. The predicted molar refractivity (Wildman–Crippen MR) is 82.1 cm³/mol. The number of aryl methyl sites for hydroxylation is 1. The van der Waals surface area contributed by atoms with Crippen LogP contribution in [0.5, 0.6) is 5.75 Å². The van der Waals surface area contributed by atoms with Crippen LogP contribution in [0, 0.1) is 0 Å². The van der Waals surface area contributed by atoms with Gasteiger partial charge < -0.3 is 10.1 Å². The van der Waals surface area contributed by atoms with Gasteiger partial charge in [0.25, 0.3) is 0 Å². The molecule has 1 amide bonds. The number of amides is 1. The van der Waals surface area contributed by atoms with E-state index >= 15 is 0 Å². The van der Waals surface area contributed by atoms with E-state index in [0.717, 1.165) is 17.0 Å². The lowest BCUT2D eigenvalue weighted by atomic mass is 10.1. The molecule has 4 heteroatoms. The third-order valence-electron chi connectivity index (χ3n) is 3.31. The fourth-order valence-corrected chi connectivity index (χ4v) is 2.07. The van der Waals surface area contributed by atoms with Crippen molar-refractivity contribution in [3.63, 3.8) is 0 Å². The second-order valence-corrected chi connectivity index (χ2v) is 4.89. The van der Waals surface area contributed by atoms with Crippen molar-refractivity contribution in [1.82, 2.24) is 10.3 Å². The molecule has 0 fully saturated rings. The molecule has 1 N–H and O–H groups in total. The number of benzene rings is 1. The summed E-state index contributed by atoms with van der Waals surface area (Å²) in [4.78, 5) is 16.2. The number of nitrogens with one attached hydrogen (secondary N) is 1.